The van der Waals surface area contributed by atoms with Gasteiger partial charge < -0.3 is 4.74 Å². The van der Waals surface area contributed by atoms with E-state index in [0.717, 1.165) is 18.0 Å². The molecule has 1 N–H and O–H groups in total. The van der Waals surface area contributed by atoms with Crippen molar-refractivity contribution in [1.29, 1.82) is 0 Å². The predicted octanol–water partition coefficient (Wildman–Crippen LogP) is 3.41. The molecule has 0 unspecified atom stereocenters. The van der Waals surface area contributed by atoms with Crippen molar-refractivity contribution < 1.29 is 9.53 Å². The molecule has 0 saturated heterocycles. The molecular weight excluding hydrogens is 310 g/mol. The quantitative estimate of drug-likeness (QED) is 0.792. The maximum absolute atomic E-state index is 12.1. The summed E-state index contributed by atoms with van der Waals surface area (Å²) < 4.78 is 5.40. The summed E-state index contributed by atoms with van der Waals surface area (Å²) in [7, 11) is 0. The van der Waals surface area contributed by atoms with Crippen LogP contribution in [-0.4, -0.2) is 29.3 Å². The van der Waals surface area contributed by atoms with Crippen LogP contribution in [0.25, 0.3) is 0 Å². The molecule has 5 nitrogen and oxygen atoms in total. The molecule has 0 aliphatic heterocycles. The number of rotatable bonds is 7. The highest BCUT2D eigenvalue weighted by molar-refractivity contribution is 7.15. The van der Waals surface area contributed by atoms with Gasteiger partial charge in [0.2, 0.25) is 5.13 Å². The van der Waals surface area contributed by atoms with Crippen LogP contribution < -0.4 is 5.32 Å². The van der Waals surface area contributed by atoms with Gasteiger partial charge in [0.15, 0.2) is 0 Å². The van der Waals surface area contributed by atoms with Crippen LogP contribution in [0, 0.1) is 0 Å². The van der Waals surface area contributed by atoms with Gasteiger partial charge >= 0.3 is 0 Å². The smallest absolute Gasteiger partial charge is 0.259 e. The second kappa shape index (κ2) is 8.07. The van der Waals surface area contributed by atoms with Crippen LogP contribution in [0.2, 0.25) is 5.02 Å². The van der Waals surface area contributed by atoms with Gasteiger partial charge in [-0.25, -0.2) is 0 Å². The fraction of sp³-hybridized carbons (Fsp3) is 0.357. The van der Waals surface area contributed by atoms with Crippen molar-refractivity contribution in [3.63, 3.8) is 0 Å². The van der Waals surface area contributed by atoms with Gasteiger partial charge in [0, 0.05) is 13.0 Å². The number of halogens is 1. The Balaban J connectivity index is 1.90. The van der Waals surface area contributed by atoms with E-state index in [1.165, 1.54) is 11.3 Å². The summed E-state index contributed by atoms with van der Waals surface area (Å²) in [4.78, 5) is 12.1. The molecule has 112 valence electrons. The number of aromatic nitrogens is 2. The molecule has 0 aliphatic rings. The van der Waals surface area contributed by atoms with E-state index in [1.807, 2.05) is 0 Å². The Morgan fingerprint density at radius 2 is 2.14 bits per heavy atom. The summed E-state index contributed by atoms with van der Waals surface area (Å²) in [5.74, 6) is -0.287. The van der Waals surface area contributed by atoms with Gasteiger partial charge in [-0.15, -0.1) is 10.2 Å². The van der Waals surface area contributed by atoms with Gasteiger partial charge in [-0.05, 0) is 18.6 Å². The number of carbonyl (C=O) groups is 1. The number of benzene rings is 1. The average molecular weight is 326 g/mol. The highest BCUT2D eigenvalue weighted by atomic mass is 35.5. The fourth-order valence-electron chi connectivity index (χ4n) is 1.62. The molecule has 0 spiro atoms. The van der Waals surface area contributed by atoms with Crippen LogP contribution >= 0.6 is 22.9 Å². The second-order valence-electron chi connectivity index (χ2n) is 4.30. The molecule has 0 radical (unpaired) electrons. The van der Waals surface area contributed by atoms with E-state index in [9.17, 15) is 4.79 Å². The third kappa shape index (κ3) is 4.77. The largest absolute Gasteiger partial charge is 0.381 e. The highest BCUT2D eigenvalue weighted by Gasteiger charge is 2.12. The van der Waals surface area contributed by atoms with Crippen molar-refractivity contribution in [1.82, 2.24) is 10.2 Å². The third-order valence-corrected chi connectivity index (χ3v) is 3.84. The van der Waals surface area contributed by atoms with Crippen LogP contribution in [0.5, 0.6) is 0 Å². The average Bonchev–Trinajstić information content (AvgIpc) is 2.91. The van der Waals surface area contributed by atoms with Crippen molar-refractivity contribution in [2.45, 2.75) is 19.8 Å². The number of amides is 1. The van der Waals surface area contributed by atoms with Crippen molar-refractivity contribution in [2.24, 2.45) is 0 Å². The molecule has 1 aromatic heterocycles. The number of ether oxygens (including phenoxy) is 1. The molecule has 2 aromatic rings. The molecule has 0 fully saturated rings. The number of nitrogens with zero attached hydrogens (tertiary/aromatic N) is 2. The lowest BCUT2D eigenvalue weighted by atomic mass is 10.2. The Hall–Kier alpha value is -1.50. The summed E-state index contributed by atoms with van der Waals surface area (Å²) in [5.41, 5.74) is 0.419. The Kier molecular flexibility index (Phi) is 6.10. The van der Waals surface area contributed by atoms with E-state index in [0.29, 0.717) is 28.7 Å². The topological polar surface area (TPSA) is 64.1 Å². The molecule has 1 aromatic carbocycles. The molecule has 1 amide bonds. The summed E-state index contributed by atoms with van der Waals surface area (Å²) in [6.45, 7) is 3.42. The molecule has 21 heavy (non-hydrogen) atoms. The lowest BCUT2D eigenvalue weighted by molar-refractivity contribution is 0.102. The van der Waals surface area contributed by atoms with E-state index >= 15 is 0 Å². The second-order valence-corrected chi connectivity index (χ2v) is 5.77. The summed E-state index contributed by atoms with van der Waals surface area (Å²) >= 11 is 7.32. The summed E-state index contributed by atoms with van der Waals surface area (Å²) in [6, 6.07) is 6.88. The first-order valence-corrected chi connectivity index (χ1v) is 7.86. The van der Waals surface area contributed by atoms with Crippen molar-refractivity contribution >= 4 is 34.0 Å². The monoisotopic (exact) mass is 325 g/mol. The van der Waals surface area contributed by atoms with Gasteiger partial charge in [0.1, 0.15) is 5.01 Å². The zero-order chi connectivity index (χ0) is 15.1. The van der Waals surface area contributed by atoms with Gasteiger partial charge in [-0.3, -0.25) is 10.1 Å². The van der Waals surface area contributed by atoms with E-state index in [4.69, 9.17) is 16.3 Å². The Bertz CT molecular complexity index is 603. The van der Waals surface area contributed by atoms with Crippen molar-refractivity contribution in [2.75, 3.05) is 18.5 Å². The Morgan fingerprint density at radius 1 is 1.33 bits per heavy atom. The number of carbonyl (C=O) groups excluding carboxylic acids is 1. The van der Waals surface area contributed by atoms with Gasteiger partial charge in [0.05, 0.1) is 17.2 Å². The molecule has 0 bridgehead atoms. The predicted molar refractivity (Wildman–Crippen MR) is 84.1 cm³/mol. The minimum Gasteiger partial charge on any atom is -0.381 e. The molecule has 0 saturated carbocycles. The third-order valence-electron chi connectivity index (χ3n) is 2.61. The maximum atomic E-state index is 12.1. The number of hydrogen-bond acceptors (Lipinski definition) is 5. The lowest BCUT2D eigenvalue weighted by Gasteiger charge is -2.02. The van der Waals surface area contributed by atoms with Crippen LogP contribution in [0.1, 0.15) is 28.7 Å². The van der Waals surface area contributed by atoms with Crippen molar-refractivity contribution in [3.8, 4) is 0 Å². The normalized spacial score (nSPS) is 10.6. The minimum atomic E-state index is -0.287. The first-order valence-electron chi connectivity index (χ1n) is 6.66. The maximum Gasteiger partial charge on any atom is 0.259 e. The Labute approximate surface area is 132 Å². The molecule has 7 heteroatoms. The first-order chi connectivity index (χ1) is 10.2. The number of hydrogen-bond donors (Lipinski definition) is 1. The molecule has 0 aliphatic carbocycles. The fourth-order valence-corrected chi connectivity index (χ4v) is 2.56. The summed E-state index contributed by atoms with van der Waals surface area (Å²) in [5, 5.41) is 12.4. The number of anilines is 1. The highest BCUT2D eigenvalue weighted by Crippen LogP contribution is 2.19. The van der Waals surface area contributed by atoms with Crippen molar-refractivity contribution in [3.05, 3.63) is 39.9 Å². The number of nitrogens with one attached hydrogen (secondary N) is 1. The molecule has 1 heterocycles. The molecule has 0 atom stereocenters. The van der Waals surface area contributed by atoms with Gasteiger partial charge in [0.25, 0.3) is 5.91 Å². The lowest BCUT2D eigenvalue weighted by Crippen LogP contribution is -2.12. The van der Waals surface area contributed by atoms with Crippen LogP contribution in [0.3, 0.4) is 0 Å². The zero-order valence-corrected chi connectivity index (χ0v) is 13.2. The molecular formula is C14H16ClN3O2S. The first kappa shape index (κ1) is 15.9. The van der Waals surface area contributed by atoms with E-state index in [2.05, 4.69) is 22.4 Å². The van der Waals surface area contributed by atoms with Crippen LogP contribution in [0.15, 0.2) is 24.3 Å². The standard InChI is InChI=1S/C14H16ClN3O2S/c1-2-8-20-9-7-12-17-18-14(21-12)16-13(19)10-5-3-4-6-11(10)15/h3-6H,2,7-9H2,1H3,(H,16,18,19). The van der Waals surface area contributed by atoms with E-state index in [1.54, 1.807) is 24.3 Å². The van der Waals surface area contributed by atoms with Gasteiger partial charge in [-0.2, -0.15) is 0 Å². The molecule has 2 rings (SSSR count). The van der Waals surface area contributed by atoms with Gasteiger partial charge in [-0.1, -0.05) is 42.0 Å². The van der Waals surface area contributed by atoms with E-state index < -0.39 is 0 Å². The summed E-state index contributed by atoms with van der Waals surface area (Å²) in [6.07, 6.45) is 1.69. The van der Waals surface area contributed by atoms with E-state index in [-0.39, 0.29) is 5.91 Å². The minimum absolute atomic E-state index is 0.287. The van der Waals surface area contributed by atoms with Crippen LogP contribution in [-0.2, 0) is 11.2 Å². The SMILES string of the molecule is CCCOCCc1nnc(NC(=O)c2ccccc2Cl)s1. The Morgan fingerprint density at radius 3 is 2.90 bits per heavy atom. The van der Waals surface area contributed by atoms with Crippen LogP contribution in [0.4, 0.5) is 5.13 Å². The zero-order valence-electron chi connectivity index (χ0n) is 11.6.